The summed E-state index contributed by atoms with van der Waals surface area (Å²) in [5.41, 5.74) is 2.18. The highest BCUT2D eigenvalue weighted by Gasteiger charge is 2.28. The van der Waals surface area contributed by atoms with Crippen molar-refractivity contribution in [2.75, 3.05) is 17.5 Å². The molecule has 5 aromatic carbocycles. The van der Waals surface area contributed by atoms with Gasteiger partial charge in [0.2, 0.25) is 0 Å². The van der Waals surface area contributed by atoms with Crippen LogP contribution < -0.4 is 14.4 Å². The van der Waals surface area contributed by atoms with Crippen molar-refractivity contribution < 1.29 is 17.9 Å². The Morgan fingerprint density at radius 2 is 1.51 bits per heavy atom. The first-order valence-electron chi connectivity index (χ1n) is 13.1. The summed E-state index contributed by atoms with van der Waals surface area (Å²) in [5.74, 6) is 0.305. The van der Waals surface area contributed by atoms with Gasteiger partial charge in [0.1, 0.15) is 12.4 Å². The zero-order chi connectivity index (χ0) is 28.8. The highest BCUT2D eigenvalue weighted by atomic mass is 35.5. The summed E-state index contributed by atoms with van der Waals surface area (Å²) in [7, 11) is -4.02. The lowest BCUT2D eigenvalue weighted by molar-refractivity contribution is 0.0947. The van der Waals surface area contributed by atoms with Crippen molar-refractivity contribution in [3.63, 3.8) is 0 Å². The number of hydrogen-bond acceptors (Lipinski definition) is 4. The van der Waals surface area contributed by atoms with Gasteiger partial charge in [-0.2, -0.15) is 0 Å². The molecule has 41 heavy (non-hydrogen) atoms. The normalized spacial score (nSPS) is 11.3. The van der Waals surface area contributed by atoms with E-state index in [1.807, 2.05) is 49.4 Å². The SMILES string of the molecule is Cc1ccc(S(=O)(=O)N(Cc2ccc(Cl)cc2)c2ccccc2C(=O)NCCOc2ccc3ccccc3c2)cc1. The summed E-state index contributed by atoms with van der Waals surface area (Å²) in [5, 5.41) is 5.60. The number of sulfonamides is 1. The number of benzene rings is 5. The quantitative estimate of drug-likeness (QED) is 0.179. The molecule has 0 bridgehead atoms. The molecule has 5 aromatic rings. The smallest absolute Gasteiger partial charge is 0.264 e. The Bertz CT molecular complexity index is 1770. The number of aryl methyl sites for hydroxylation is 1. The molecule has 5 rings (SSSR count). The first kappa shape index (κ1) is 28.2. The molecular weight excluding hydrogens is 556 g/mol. The lowest BCUT2D eigenvalue weighted by Crippen LogP contribution is -2.34. The standard InChI is InChI=1S/C33H29ClN2O4S/c1-24-10-18-30(19-11-24)41(38,39)36(23-25-12-15-28(34)16-13-25)32-9-5-4-8-31(32)33(37)35-20-21-40-29-17-14-26-6-2-3-7-27(26)22-29/h2-19,22H,20-21,23H2,1H3,(H,35,37). The van der Waals surface area contributed by atoms with E-state index in [4.69, 9.17) is 16.3 Å². The number of fused-ring (bicyclic) bond motifs is 1. The summed E-state index contributed by atoms with van der Waals surface area (Å²) >= 11 is 6.06. The zero-order valence-electron chi connectivity index (χ0n) is 22.5. The number of amides is 1. The number of ether oxygens (including phenoxy) is 1. The van der Waals surface area contributed by atoms with Crippen molar-refractivity contribution in [3.05, 3.63) is 137 Å². The highest BCUT2D eigenvalue weighted by Crippen LogP contribution is 2.30. The molecule has 0 radical (unpaired) electrons. The third kappa shape index (κ3) is 6.70. The highest BCUT2D eigenvalue weighted by molar-refractivity contribution is 7.92. The number of nitrogens with zero attached hydrogens (tertiary/aromatic N) is 1. The van der Waals surface area contributed by atoms with Crippen LogP contribution in [0.1, 0.15) is 21.5 Å². The third-order valence-electron chi connectivity index (χ3n) is 6.64. The molecule has 0 saturated carbocycles. The predicted octanol–water partition coefficient (Wildman–Crippen LogP) is 7.01. The van der Waals surface area contributed by atoms with E-state index in [2.05, 4.69) is 5.32 Å². The van der Waals surface area contributed by atoms with Gasteiger partial charge in [0.15, 0.2) is 0 Å². The average molecular weight is 585 g/mol. The summed E-state index contributed by atoms with van der Waals surface area (Å²) in [4.78, 5) is 13.5. The van der Waals surface area contributed by atoms with Crippen LogP contribution in [0.15, 0.2) is 120 Å². The van der Waals surface area contributed by atoms with Crippen LogP contribution in [0.2, 0.25) is 5.02 Å². The van der Waals surface area contributed by atoms with Crippen LogP contribution in [0, 0.1) is 6.92 Å². The molecule has 0 aromatic heterocycles. The van der Waals surface area contributed by atoms with Gasteiger partial charge < -0.3 is 10.1 Å². The van der Waals surface area contributed by atoms with Gasteiger partial charge in [0.05, 0.1) is 29.2 Å². The van der Waals surface area contributed by atoms with Crippen LogP contribution in [0.4, 0.5) is 5.69 Å². The summed E-state index contributed by atoms with van der Waals surface area (Å²) in [6.45, 7) is 2.40. The summed E-state index contributed by atoms with van der Waals surface area (Å²) in [6.07, 6.45) is 0. The fraction of sp³-hybridized carbons (Fsp3) is 0.121. The minimum absolute atomic E-state index is 0.0166. The molecule has 0 aliphatic carbocycles. The second kappa shape index (κ2) is 12.5. The van der Waals surface area contributed by atoms with E-state index in [1.54, 1.807) is 72.8 Å². The maximum absolute atomic E-state index is 13.9. The maximum Gasteiger partial charge on any atom is 0.264 e. The van der Waals surface area contributed by atoms with Gasteiger partial charge in [-0.15, -0.1) is 0 Å². The first-order valence-corrected chi connectivity index (χ1v) is 15.0. The van der Waals surface area contributed by atoms with Crippen LogP contribution in [0.5, 0.6) is 5.75 Å². The first-order chi connectivity index (χ1) is 19.8. The van der Waals surface area contributed by atoms with E-state index in [0.29, 0.717) is 10.8 Å². The van der Waals surface area contributed by atoms with Crippen LogP contribution in [0.25, 0.3) is 10.8 Å². The van der Waals surface area contributed by atoms with E-state index in [0.717, 1.165) is 21.9 Å². The maximum atomic E-state index is 13.9. The fourth-order valence-electron chi connectivity index (χ4n) is 4.46. The molecule has 0 aliphatic rings. The number of carbonyl (C=O) groups excluding carboxylic acids is 1. The fourth-order valence-corrected chi connectivity index (χ4v) is 6.06. The van der Waals surface area contributed by atoms with Crippen LogP contribution in [-0.2, 0) is 16.6 Å². The Hall–Kier alpha value is -4.33. The van der Waals surface area contributed by atoms with Crippen LogP contribution in [-0.4, -0.2) is 27.5 Å². The Kier molecular flexibility index (Phi) is 8.57. The van der Waals surface area contributed by atoms with Gasteiger partial charge in [-0.1, -0.05) is 83.9 Å². The van der Waals surface area contributed by atoms with E-state index in [1.165, 1.54) is 4.31 Å². The van der Waals surface area contributed by atoms with Crippen molar-refractivity contribution in [2.24, 2.45) is 0 Å². The number of halogens is 1. The van der Waals surface area contributed by atoms with Crippen molar-refractivity contribution >= 4 is 44.0 Å². The Balaban J connectivity index is 1.37. The molecular formula is C33H29ClN2O4S. The molecule has 0 heterocycles. The topological polar surface area (TPSA) is 75.7 Å². The molecule has 8 heteroatoms. The third-order valence-corrected chi connectivity index (χ3v) is 8.67. The summed E-state index contributed by atoms with van der Waals surface area (Å²) in [6, 6.07) is 34.1. The zero-order valence-corrected chi connectivity index (χ0v) is 24.0. The molecule has 0 fully saturated rings. The van der Waals surface area contributed by atoms with Crippen molar-refractivity contribution in [1.82, 2.24) is 5.32 Å². The average Bonchev–Trinajstić information content (AvgIpc) is 2.99. The van der Waals surface area contributed by atoms with E-state index < -0.39 is 15.9 Å². The minimum Gasteiger partial charge on any atom is -0.492 e. The van der Waals surface area contributed by atoms with Gasteiger partial charge in [-0.25, -0.2) is 8.42 Å². The van der Waals surface area contributed by atoms with E-state index >= 15 is 0 Å². The Morgan fingerprint density at radius 3 is 2.27 bits per heavy atom. The van der Waals surface area contributed by atoms with E-state index in [9.17, 15) is 13.2 Å². The van der Waals surface area contributed by atoms with Gasteiger partial charge >= 0.3 is 0 Å². The predicted molar refractivity (Wildman–Crippen MR) is 164 cm³/mol. The Morgan fingerprint density at radius 1 is 0.829 bits per heavy atom. The van der Waals surface area contributed by atoms with Crippen LogP contribution >= 0.6 is 11.6 Å². The van der Waals surface area contributed by atoms with E-state index in [-0.39, 0.29) is 35.8 Å². The number of carbonyl (C=O) groups is 1. The summed E-state index contributed by atoms with van der Waals surface area (Å²) < 4.78 is 35.0. The molecule has 1 N–H and O–H groups in total. The van der Waals surface area contributed by atoms with Gasteiger partial charge in [-0.05, 0) is 71.8 Å². The lowest BCUT2D eigenvalue weighted by Gasteiger charge is -2.27. The number of anilines is 1. The van der Waals surface area contributed by atoms with Crippen molar-refractivity contribution in [2.45, 2.75) is 18.4 Å². The Labute approximate surface area is 245 Å². The van der Waals surface area contributed by atoms with Crippen molar-refractivity contribution in [1.29, 1.82) is 0 Å². The van der Waals surface area contributed by atoms with Gasteiger partial charge in [0, 0.05) is 5.02 Å². The van der Waals surface area contributed by atoms with Crippen LogP contribution in [0.3, 0.4) is 0 Å². The molecule has 0 saturated heterocycles. The monoisotopic (exact) mass is 584 g/mol. The number of hydrogen-bond donors (Lipinski definition) is 1. The molecule has 1 amide bonds. The lowest BCUT2D eigenvalue weighted by atomic mass is 10.1. The molecule has 0 unspecified atom stereocenters. The minimum atomic E-state index is -4.02. The molecule has 6 nitrogen and oxygen atoms in total. The molecule has 0 spiro atoms. The second-order valence-electron chi connectivity index (χ2n) is 9.58. The van der Waals surface area contributed by atoms with Gasteiger partial charge in [-0.3, -0.25) is 9.10 Å². The van der Waals surface area contributed by atoms with Crippen molar-refractivity contribution in [3.8, 4) is 5.75 Å². The number of para-hydroxylation sites is 1. The largest absolute Gasteiger partial charge is 0.492 e. The number of nitrogens with one attached hydrogen (secondary N) is 1. The van der Waals surface area contributed by atoms with Gasteiger partial charge in [0.25, 0.3) is 15.9 Å². The molecule has 0 aliphatic heterocycles. The number of rotatable bonds is 10. The molecule has 0 atom stereocenters. The molecule has 208 valence electrons. The second-order valence-corrected chi connectivity index (χ2v) is 11.9.